The molecule has 0 amide bonds. The van der Waals surface area contributed by atoms with Gasteiger partial charge in [0.2, 0.25) is 0 Å². The first-order valence-corrected chi connectivity index (χ1v) is 5.15. The fourth-order valence-electron chi connectivity index (χ4n) is 2.65. The van der Waals surface area contributed by atoms with Gasteiger partial charge < -0.3 is 25.5 Å². The van der Waals surface area contributed by atoms with Gasteiger partial charge in [0.1, 0.15) is 12.2 Å². The molecule has 2 saturated heterocycles. The van der Waals surface area contributed by atoms with Crippen molar-refractivity contribution >= 4 is 0 Å². The number of aliphatic hydroxyl groups excluding tert-OH is 5. The first kappa shape index (κ1) is 11.3. The van der Waals surface area contributed by atoms with E-state index in [2.05, 4.69) is 0 Å². The lowest BCUT2D eigenvalue weighted by atomic mass is 9.93. The molecular weight excluding hydrogens is 202 g/mol. The SMILES string of the molecule is OC[C@H]1C[C@H](O)[C@@H]2[C@@H](O)[C@H](O)[C@H](O)CN12. The Kier molecular flexibility index (Phi) is 2.98. The summed E-state index contributed by atoms with van der Waals surface area (Å²) in [6, 6.07) is -0.831. The van der Waals surface area contributed by atoms with Gasteiger partial charge in [0, 0.05) is 12.6 Å². The second kappa shape index (κ2) is 3.97. The second-order valence-corrected chi connectivity index (χ2v) is 4.38. The van der Waals surface area contributed by atoms with Crippen molar-refractivity contribution < 1.29 is 25.5 Å². The van der Waals surface area contributed by atoms with Crippen molar-refractivity contribution in [3.8, 4) is 0 Å². The van der Waals surface area contributed by atoms with Crippen LogP contribution in [-0.2, 0) is 0 Å². The number of nitrogens with zero attached hydrogens (tertiary/aromatic N) is 1. The molecular formula is C9H17NO5. The predicted octanol–water partition coefficient (Wildman–Crippen LogP) is -3.12. The molecule has 0 spiro atoms. The van der Waals surface area contributed by atoms with Crippen LogP contribution in [0.5, 0.6) is 0 Å². The zero-order valence-electron chi connectivity index (χ0n) is 8.27. The Balaban J connectivity index is 2.18. The minimum Gasteiger partial charge on any atom is -0.395 e. The standard InChI is InChI=1S/C9H17NO5/c11-3-4-1-5(12)7-9(15)8(14)6(13)2-10(4)7/h4-9,11-15H,1-3H2/t4-,5+,6-,7-,8-,9-/m1/s1. The smallest absolute Gasteiger partial charge is 0.109 e. The van der Waals surface area contributed by atoms with Gasteiger partial charge in [-0.05, 0) is 6.42 Å². The first-order valence-electron chi connectivity index (χ1n) is 5.15. The molecule has 2 aliphatic rings. The van der Waals surface area contributed by atoms with Crippen LogP contribution in [0.25, 0.3) is 0 Å². The summed E-state index contributed by atoms with van der Waals surface area (Å²) >= 11 is 0. The number of rotatable bonds is 1. The zero-order chi connectivity index (χ0) is 11.2. The van der Waals surface area contributed by atoms with Crippen LogP contribution in [0.1, 0.15) is 6.42 Å². The summed E-state index contributed by atoms with van der Waals surface area (Å²) in [4.78, 5) is 1.67. The van der Waals surface area contributed by atoms with E-state index in [4.69, 9.17) is 5.11 Å². The third kappa shape index (κ3) is 1.67. The molecule has 2 fully saturated rings. The van der Waals surface area contributed by atoms with E-state index in [-0.39, 0.29) is 19.2 Å². The molecule has 6 heteroatoms. The van der Waals surface area contributed by atoms with Gasteiger partial charge in [-0.2, -0.15) is 0 Å². The third-order valence-electron chi connectivity index (χ3n) is 3.46. The van der Waals surface area contributed by atoms with Crippen molar-refractivity contribution in [2.24, 2.45) is 0 Å². The molecule has 15 heavy (non-hydrogen) atoms. The molecule has 6 nitrogen and oxygen atoms in total. The van der Waals surface area contributed by atoms with Gasteiger partial charge in [-0.1, -0.05) is 0 Å². The molecule has 2 rings (SSSR count). The van der Waals surface area contributed by atoms with Crippen LogP contribution in [0.4, 0.5) is 0 Å². The van der Waals surface area contributed by atoms with Crippen molar-refractivity contribution in [3.63, 3.8) is 0 Å². The molecule has 0 bridgehead atoms. The topological polar surface area (TPSA) is 104 Å². The molecule has 0 saturated carbocycles. The highest BCUT2D eigenvalue weighted by atomic mass is 16.4. The predicted molar refractivity (Wildman–Crippen MR) is 50.0 cm³/mol. The number of hydrogen-bond donors (Lipinski definition) is 5. The highest BCUT2D eigenvalue weighted by Gasteiger charge is 2.51. The number of fused-ring (bicyclic) bond motifs is 1. The van der Waals surface area contributed by atoms with Crippen LogP contribution >= 0.6 is 0 Å². The van der Waals surface area contributed by atoms with Gasteiger partial charge in [-0.3, -0.25) is 4.90 Å². The van der Waals surface area contributed by atoms with Gasteiger partial charge in [0.05, 0.1) is 24.9 Å². The second-order valence-electron chi connectivity index (χ2n) is 4.38. The van der Waals surface area contributed by atoms with E-state index in [1.165, 1.54) is 0 Å². The summed E-state index contributed by atoms with van der Waals surface area (Å²) < 4.78 is 0. The molecule has 0 aromatic carbocycles. The highest BCUT2D eigenvalue weighted by molar-refractivity contribution is 5.05. The van der Waals surface area contributed by atoms with E-state index < -0.39 is 30.5 Å². The van der Waals surface area contributed by atoms with Gasteiger partial charge in [-0.25, -0.2) is 0 Å². The Morgan fingerprint density at radius 2 is 1.67 bits per heavy atom. The maximum absolute atomic E-state index is 9.71. The minimum absolute atomic E-state index is 0.122. The zero-order valence-corrected chi connectivity index (χ0v) is 8.27. The average Bonchev–Trinajstić information content (AvgIpc) is 2.51. The van der Waals surface area contributed by atoms with E-state index >= 15 is 0 Å². The molecule has 2 aliphatic heterocycles. The van der Waals surface area contributed by atoms with Crippen LogP contribution in [0.3, 0.4) is 0 Å². The number of piperidine rings is 1. The molecule has 0 unspecified atom stereocenters. The maximum atomic E-state index is 9.71. The van der Waals surface area contributed by atoms with Crippen LogP contribution in [0.2, 0.25) is 0 Å². The molecule has 88 valence electrons. The summed E-state index contributed by atoms with van der Waals surface area (Å²) in [5, 5.41) is 47.4. The van der Waals surface area contributed by atoms with E-state index in [1.807, 2.05) is 0 Å². The van der Waals surface area contributed by atoms with E-state index in [1.54, 1.807) is 4.90 Å². The molecule has 0 aliphatic carbocycles. The summed E-state index contributed by atoms with van der Waals surface area (Å²) in [7, 11) is 0. The van der Waals surface area contributed by atoms with Crippen molar-refractivity contribution in [3.05, 3.63) is 0 Å². The molecule has 0 radical (unpaired) electrons. The molecule has 0 aromatic heterocycles. The number of hydrogen-bond acceptors (Lipinski definition) is 6. The van der Waals surface area contributed by atoms with E-state index in [9.17, 15) is 20.4 Å². The fourth-order valence-corrected chi connectivity index (χ4v) is 2.65. The molecule has 0 aromatic rings. The normalized spacial score (nSPS) is 51.8. The van der Waals surface area contributed by atoms with Crippen LogP contribution in [0.15, 0.2) is 0 Å². The van der Waals surface area contributed by atoms with E-state index in [0.29, 0.717) is 6.42 Å². The summed E-state index contributed by atoms with van der Waals surface area (Å²) in [6.45, 7) is 0.0499. The van der Waals surface area contributed by atoms with Gasteiger partial charge in [-0.15, -0.1) is 0 Å². The van der Waals surface area contributed by atoms with Crippen LogP contribution in [-0.4, -0.2) is 80.1 Å². The molecule has 2 heterocycles. The lowest BCUT2D eigenvalue weighted by molar-refractivity contribution is -0.147. The summed E-state index contributed by atoms with van der Waals surface area (Å²) in [5.41, 5.74) is 0. The molecule has 5 N–H and O–H groups in total. The lowest BCUT2D eigenvalue weighted by Crippen LogP contribution is -2.62. The quantitative estimate of drug-likeness (QED) is 0.319. The Hall–Kier alpha value is -0.240. The van der Waals surface area contributed by atoms with Gasteiger partial charge in [0.15, 0.2) is 0 Å². The van der Waals surface area contributed by atoms with Crippen LogP contribution in [0, 0.1) is 0 Å². The van der Waals surface area contributed by atoms with Gasteiger partial charge in [0.25, 0.3) is 0 Å². The first-order chi connectivity index (χ1) is 7.06. The fraction of sp³-hybridized carbons (Fsp3) is 1.00. The summed E-state index contributed by atoms with van der Waals surface area (Å²) in [5.74, 6) is 0. The largest absolute Gasteiger partial charge is 0.395 e. The monoisotopic (exact) mass is 219 g/mol. The lowest BCUT2D eigenvalue weighted by Gasteiger charge is -2.42. The van der Waals surface area contributed by atoms with Crippen molar-refractivity contribution in [1.82, 2.24) is 4.90 Å². The third-order valence-corrected chi connectivity index (χ3v) is 3.46. The number of aliphatic hydroxyl groups is 5. The Morgan fingerprint density at radius 3 is 2.27 bits per heavy atom. The van der Waals surface area contributed by atoms with Crippen LogP contribution < -0.4 is 0 Å². The Morgan fingerprint density at radius 1 is 1.00 bits per heavy atom. The van der Waals surface area contributed by atoms with Crippen molar-refractivity contribution in [2.45, 2.75) is 42.9 Å². The minimum atomic E-state index is -1.22. The maximum Gasteiger partial charge on any atom is 0.109 e. The van der Waals surface area contributed by atoms with Gasteiger partial charge >= 0.3 is 0 Å². The average molecular weight is 219 g/mol. The van der Waals surface area contributed by atoms with Crippen molar-refractivity contribution in [1.29, 1.82) is 0 Å². The Labute approximate surface area is 87.4 Å². The Bertz CT molecular complexity index is 239. The molecule has 6 atom stereocenters. The summed E-state index contributed by atoms with van der Waals surface area (Å²) in [6.07, 6.45) is -3.83. The van der Waals surface area contributed by atoms with E-state index in [0.717, 1.165) is 0 Å². The highest BCUT2D eigenvalue weighted by Crippen LogP contribution is 2.32. The van der Waals surface area contributed by atoms with Crippen molar-refractivity contribution in [2.75, 3.05) is 13.2 Å².